The van der Waals surface area contributed by atoms with Gasteiger partial charge in [-0.15, -0.1) is 0 Å². The molecule has 0 aliphatic heterocycles. The molecule has 5 heteroatoms. The van der Waals surface area contributed by atoms with Gasteiger partial charge in [-0.05, 0) is 37.0 Å². The third-order valence-electron chi connectivity index (χ3n) is 3.69. The van der Waals surface area contributed by atoms with Crippen molar-refractivity contribution in [1.29, 1.82) is 0 Å². The van der Waals surface area contributed by atoms with Gasteiger partial charge in [-0.3, -0.25) is 14.6 Å². The molecule has 5 nitrogen and oxygen atoms in total. The van der Waals surface area contributed by atoms with Crippen LogP contribution in [0.1, 0.15) is 24.0 Å². The minimum absolute atomic E-state index is 0.204. The van der Waals surface area contributed by atoms with E-state index < -0.39 is 17.8 Å². The highest BCUT2D eigenvalue weighted by Crippen LogP contribution is 2.26. The zero-order valence-electron chi connectivity index (χ0n) is 11.4. The van der Waals surface area contributed by atoms with Gasteiger partial charge in [0, 0.05) is 18.9 Å². The highest BCUT2D eigenvalue weighted by atomic mass is 16.4. The average molecular weight is 274 g/mol. The molecule has 0 fully saturated rings. The number of rotatable bonds is 4. The van der Waals surface area contributed by atoms with Crippen LogP contribution in [0, 0.1) is 18.8 Å². The lowest BCUT2D eigenvalue weighted by Crippen LogP contribution is -2.38. The first kappa shape index (κ1) is 14.2. The van der Waals surface area contributed by atoms with Crippen molar-refractivity contribution in [2.45, 2.75) is 26.3 Å². The van der Waals surface area contributed by atoms with Gasteiger partial charge >= 0.3 is 5.97 Å². The molecule has 0 bridgehead atoms. The van der Waals surface area contributed by atoms with Crippen LogP contribution in [-0.4, -0.2) is 22.0 Å². The predicted octanol–water partition coefficient (Wildman–Crippen LogP) is 1.67. The third kappa shape index (κ3) is 3.23. The molecule has 2 atom stereocenters. The van der Waals surface area contributed by atoms with E-state index in [1.54, 1.807) is 12.4 Å². The summed E-state index contributed by atoms with van der Waals surface area (Å²) < 4.78 is 0. The Morgan fingerprint density at radius 1 is 1.35 bits per heavy atom. The zero-order valence-corrected chi connectivity index (χ0v) is 11.4. The maximum Gasteiger partial charge on any atom is 0.307 e. The van der Waals surface area contributed by atoms with Gasteiger partial charge in [-0.25, -0.2) is 0 Å². The van der Waals surface area contributed by atoms with Crippen LogP contribution in [0.15, 0.2) is 30.6 Å². The molecule has 1 aromatic heterocycles. The number of carboxylic acid groups (broad SMARTS) is 1. The smallest absolute Gasteiger partial charge is 0.307 e. The fourth-order valence-corrected chi connectivity index (χ4v) is 2.37. The third-order valence-corrected chi connectivity index (χ3v) is 3.69. The van der Waals surface area contributed by atoms with Gasteiger partial charge in [-0.1, -0.05) is 12.2 Å². The lowest BCUT2D eigenvalue weighted by atomic mass is 9.82. The number of carboxylic acids is 1. The van der Waals surface area contributed by atoms with Gasteiger partial charge in [0.25, 0.3) is 0 Å². The van der Waals surface area contributed by atoms with Crippen LogP contribution in [-0.2, 0) is 16.1 Å². The molecule has 0 saturated carbocycles. The van der Waals surface area contributed by atoms with Crippen LogP contribution in [0.3, 0.4) is 0 Å². The van der Waals surface area contributed by atoms with Crippen molar-refractivity contribution >= 4 is 11.9 Å². The van der Waals surface area contributed by atoms with E-state index in [9.17, 15) is 9.59 Å². The number of hydrogen-bond donors (Lipinski definition) is 2. The summed E-state index contributed by atoms with van der Waals surface area (Å²) in [6, 6.07) is 1.88. The van der Waals surface area contributed by atoms with Crippen LogP contribution in [0.25, 0.3) is 0 Å². The summed E-state index contributed by atoms with van der Waals surface area (Å²) in [6.45, 7) is 2.33. The molecule has 1 amide bonds. The summed E-state index contributed by atoms with van der Waals surface area (Å²) in [5.41, 5.74) is 2.00. The van der Waals surface area contributed by atoms with Crippen LogP contribution >= 0.6 is 0 Å². The number of aromatic nitrogens is 1. The minimum atomic E-state index is -0.910. The lowest BCUT2D eigenvalue weighted by Gasteiger charge is -2.24. The molecule has 2 unspecified atom stereocenters. The molecule has 1 aliphatic rings. The molecular weight excluding hydrogens is 256 g/mol. The Hall–Kier alpha value is -2.17. The van der Waals surface area contributed by atoms with Gasteiger partial charge in [-0.2, -0.15) is 0 Å². The second-order valence-corrected chi connectivity index (χ2v) is 5.01. The number of hydrogen-bond acceptors (Lipinski definition) is 3. The van der Waals surface area contributed by atoms with Crippen LogP contribution in [0.4, 0.5) is 0 Å². The number of allylic oxidation sites excluding steroid dienone is 2. The molecule has 0 spiro atoms. The van der Waals surface area contributed by atoms with Crippen molar-refractivity contribution in [1.82, 2.24) is 10.3 Å². The summed E-state index contributed by atoms with van der Waals surface area (Å²) >= 11 is 0. The van der Waals surface area contributed by atoms with Crippen molar-refractivity contribution in [3.8, 4) is 0 Å². The fourth-order valence-electron chi connectivity index (χ4n) is 2.37. The van der Waals surface area contributed by atoms with E-state index in [4.69, 9.17) is 5.11 Å². The second kappa shape index (κ2) is 6.32. The topological polar surface area (TPSA) is 79.3 Å². The van der Waals surface area contributed by atoms with Crippen molar-refractivity contribution in [3.63, 3.8) is 0 Å². The molecule has 0 radical (unpaired) electrons. The van der Waals surface area contributed by atoms with Crippen molar-refractivity contribution in [2.75, 3.05) is 0 Å². The highest BCUT2D eigenvalue weighted by Gasteiger charge is 2.33. The molecule has 1 heterocycles. The Bertz CT molecular complexity index is 540. The van der Waals surface area contributed by atoms with Crippen molar-refractivity contribution in [3.05, 3.63) is 41.7 Å². The van der Waals surface area contributed by atoms with E-state index in [0.717, 1.165) is 11.1 Å². The molecule has 2 rings (SSSR count). The van der Waals surface area contributed by atoms with E-state index in [0.29, 0.717) is 19.4 Å². The second-order valence-electron chi connectivity index (χ2n) is 5.01. The molecule has 2 N–H and O–H groups in total. The quantitative estimate of drug-likeness (QED) is 0.819. The van der Waals surface area contributed by atoms with Crippen LogP contribution < -0.4 is 5.32 Å². The van der Waals surface area contributed by atoms with Crippen molar-refractivity contribution < 1.29 is 14.7 Å². The summed E-state index contributed by atoms with van der Waals surface area (Å²) in [4.78, 5) is 27.4. The van der Waals surface area contributed by atoms with Crippen molar-refractivity contribution in [2.24, 2.45) is 11.8 Å². The number of carbonyl (C=O) groups excluding carboxylic acids is 1. The molecule has 1 aromatic rings. The first-order valence-electron chi connectivity index (χ1n) is 6.64. The normalized spacial score (nSPS) is 21.4. The molecule has 0 saturated heterocycles. The fraction of sp³-hybridized carbons (Fsp3) is 0.400. The van der Waals surface area contributed by atoms with E-state index in [-0.39, 0.29) is 5.91 Å². The molecule has 106 valence electrons. The summed E-state index contributed by atoms with van der Waals surface area (Å²) in [6.07, 6.45) is 8.01. The standard InChI is InChI=1S/C15H18N2O3/c1-10-6-7-16-8-11(10)9-17-14(18)12-4-2-3-5-13(12)15(19)20/h2-3,6-8,12-13H,4-5,9H2,1H3,(H,17,18)(H,19,20). The molecular formula is C15H18N2O3. The molecule has 20 heavy (non-hydrogen) atoms. The summed E-state index contributed by atoms with van der Waals surface area (Å²) in [7, 11) is 0. The first-order chi connectivity index (χ1) is 9.59. The summed E-state index contributed by atoms with van der Waals surface area (Å²) in [5, 5.41) is 12.0. The predicted molar refractivity (Wildman–Crippen MR) is 73.8 cm³/mol. The maximum absolute atomic E-state index is 12.2. The monoisotopic (exact) mass is 274 g/mol. The van der Waals surface area contributed by atoms with E-state index in [1.165, 1.54) is 0 Å². The maximum atomic E-state index is 12.2. The Morgan fingerprint density at radius 2 is 2.05 bits per heavy atom. The van der Waals surface area contributed by atoms with E-state index in [2.05, 4.69) is 10.3 Å². The number of nitrogens with one attached hydrogen (secondary N) is 1. The number of aryl methyl sites for hydroxylation is 1. The lowest BCUT2D eigenvalue weighted by molar-refractivity contribution is -0.147. The Labute approximate surface area is 117 Å². The number of amides is 1. The van der Waals surface area contributed by atoms with Crippen LogP contribution in [0.2, 0.25) is 0 Å². The number of pyridine rings is 1. The Kier molecular flexibility index (Phi) is 4.50. The number of nitrogens with zero attached hydrogens (tertiary/aromatic N) is 1. The summed E-state index contributed by atoms with van der Waals surface area (Å²) in [5.74, 6) is -2.23. The molecule has 1 aliphatic carbocycles. The van der Waals surface area contributed by atoms with Gasteiger partial charge in [0.2, 0.25) is 5.91 Å². The SMILES string of the molecule is Cc1ccncc1CNC(=O)C1CC=CCC1C(=O)O. The average Bonchev–Trinajstić information content (AvgIpc) is 2.46. The van der Waals surface area contributed by atoms with Gasteiger partial charge in [0.15, 0.2) is 0 Å². The van der Waals surface area contributed by atoms with Gasteiger partial charge in [0.05, 0.1) is 11.8 Å². The van der Waals surface area contributed by atoms with Gasteiger partial charge in [0.1, 0.15) is 0 Å². The van der Waals surface area contributed by atoms with Gasteiger partial charge < -0.3 is 10.4 Å². The number of aliphatic carboxylic acids is 1. The zero-order chi connectivity index (χ0) is 14.5. The minimum Gasteiger partial charge on any atom is -0.481 e. The number of carbonyl (C=O) groups is 2. The van der Waals surface area contributed by atoms with Crippen LogP contribution in [0.5, 0.6) is 0 Å². The Balaban J connectivity index is 1.99. The van der Waals surface area contributed by atoms with E-state index in [1.807, 2.05) is 25.1 Å². The van der Waals surface area contributed by atoms with E-state index >= 15 is 0 Å². The largest absolute Gasteiger partial charge is 0.481 e. The highest BCUT2D eigenvalue weighted by molar-refractivity contribution is 5.85. The first-order valence-corrected chi connectivity index (χ1v) is 6.64. The molecule has 0 aromatic carbocycles. The Morgan fingerprint density at radius 3 is 2.70 bits per heavy atom.